The van der Waals surface area contributed by atoms with Crippen molar-refractivity contribution in [1.82, 2.24) is 16.1 Å². The van der Waals surface area contributed by atoms with E-state index in [9.17, 15) is 9.59 Å². The third kappa shape index (κ3) is 7.52. The number of benzene rings is 2. The van der Waals surface area contributed by atoms with Gasteiger partial charge in [-0.25, -0.2) is 10.2 Å². The lowest BCUT2D eigenvalue weighted by Gasteiger charge is -2.30. The third-order valence-corrected chi connectivity index (χ3v) is 5.72. The normalized spacial score (nSPS) is 14.9. The van der Waals surface area contributed by atoms with Gasteiger partial charge >= 0.3 is 5.97 Å². The summed E-state index contributed by atoms with van der Waals surface area (Å²) in [5.41, 5.74) is 4.51. The lowest BCUT2D eigenvalue weighted by molar-refractivity contribution is -0.139. The van der Waals surface area contributed by atoms with Crippen molar-refractivity contribution in [1.29, 1.82) is 5.26 Å². The number of allylic oxidation sites excluding steroid dienone is 1. The monoisotopic (exact) mass is 585 g/mol. The molecule has 0 unspecified atom stereocenters. The van der Waals surface area contributed by atoms with Crippen molar-refractivity contribution < 1.29 is 23.8 Å². The Morgan fingerprint density at radius 3 is 2.78 bits per heavy atom. The first-order valence-corrected chi connectivity index (χ1v) is 12.3. The lowest BCUT2D eigenvalue weighted by atomic mass is 9.95. The second-order valence-corrected chi connectivity index (χ2v) is 8.86. The van der Waals surface area contributed by atoms with Crippen LogP contribution in [-0.2, 0) is 14.3 Å². The average molecular weight is 586 g/mol. The van der Waals surface area contributed by atoms with Crippen molar-refractivity contribution in [2.24, 2.45) is 5.10 Å². The topological polar surface area (TPSA) is 134 Å². The molecule has 1 amide bonds. The van der Waals surface area contributed by atoms with E-state index in [-0.39, 0.29) is 19.8 Å². The molecule has 1 atom stereocenters. The molecule has 12 heteroatoms. The highest BCUT2D eigenvalue weighted by Crippen LogP contribution is 2.33. The standard InChI is InChI=1S/C25H24BrN5O5S/c1-3-34-24(33)22-15(2)29-25(37)30-23(22)18-6-4-5-7-20(18)36-14-21(32)31-28-13-16-12-17(26)8-9-19(16)35-11-10-27/h4-9,12-13,23H,3,11,14H2,1-2H3,(H,31,32)(H2,29,30,37)/t23-/m1/s1. The number of para-hydroxylation sites is 1. The van der Waals surface area contributed by atoms with Gasteiger partial charge in [-0.2, -0.15) is 10.4 Å². The Bertz CT molecular complexity index is 1290. The van der Waals surface area contributed by atoms with E-state index in [0.29, 0.717) is 39.0 Å². The van der Waals surface area contributed by atoms with Crippen LogP contribution in [0.2, 0.25) is 0 Å². The minimum atomic E-state index is -0.631. The summed E-state index contributed by atoms with van der Waals surface area (Å²) < 4.78 is 17.1. The van der Waals surface area contributed by atoms with Gasteiger partial charge in [0.25, 0.3) is 5.91 Å². The summed E-state index contributed by atoms with van der Waals surface area (Å²) in [7, 11) is 0. The van der Waals surface area contributed by atoms with Gasteiger partial charge in [-0.05, 0) is 50.3 Å². The molecule has 0 bridgehead atoms. The number of nitriles is 1. The number of nitrogens with one attached hydrogen (secondary N) is 3. The van der Waals surface area contributed by atoms with Crippen molar-refractivity contribution in [3.63, 3.8) is 0 Å². The van der Waals surface area contributed by atoms with Crippen LogP contribution >= 0.6 is 28.1 Å². The quantitative estimate of drug-likeness (QED) is 0.166. The first-order chi connectivity index (χ1) is 17.8. The second kappa shape index (κ2) is 13.4. The van der Waals surface area contributed by atoms with Gasteiger partial charge < -0.3 is 24.8 Å². The zero-order valence-electron chi connectivity index (χ0n) is 20.0. The molecule has 2 aromatic carbocycles. The molecule has 10 nitrogen and oxygen atoms in total. The molecular formula is C25H24BrN5O5S. The van der Waals surface area contributed by atoms with Gasteiger partial charge in [0.15, 0.2) is 18.3 Å². The first kappa shape index (κ1) is 27.6. The molecule has 0 spiro atoms. The second-order valence-electron chi connectivity index (χ2n) is 7.54. The number of carbonyl (C=O) groups excluding carboxylic acids is 2. The van der Waals surface area contributed by atoms with Gasteiger partial charge in [-0.3, -0.25) is 4.79 Å². The number of amides is 1. The number of nitrogens with zero attached hydrogens (tertiary/aromatic N) is 2. The number of carbonyl (C=O) groups is 2. The highest BCUT2D eigenvalue weighted by Gasteiger charge is 2.32. The Morgan fingerprint density at radius 1 is 1.24 bits per heavy atom. The lowest BCUT2D eigenvalue weighted by Crippen LogP contribution is -2.45. The zero-order valence-corrected chi connectivity index (χ0v) is 22.4. The summed E-state index contributed by atoms with van der Waals surface area (Å²) in [6.07, 6.45) is 1.41. The van der Waals surface area contributed by atoms with Crippen LogP contribution in [0.15, 0.2) is 63.3 Å². The minimum Gasteiger partial charge on any atom is -0.483 e. The maximum atomic E-state index is 12.7. The highest BCUT2D eigenvalue weighted by atomic mass is 79.9. The largest absolute Gasteiger partial charge is 0.483 e. The zero-order chi connectivity index (χ0) is 26.8. The fraction of sp³-hybridized carbons (Fsp3) is 0.240. The van der Waals surface area contributed by atoms with Crippen molar-refractivity contribution >= 4 is 51.4 Å². The van der Waals surface area contributed by atoms with E-state index in [2.05, 4.69) is 37.1 Å². The molecule has 192 valence electrons. The predicted molar refractivity (Wildman–Crippen MR) is 144 cm³/mol. The summed E-state index contributed by atoms with van der Waals surface area (Å²) in [5, 5.41) is 19.1. The number of rotatable bonds is 10. The summed E-state index contributed by atoms with van der Waals surface area (Å²) in [4.78, 5) is 25.1. The van der Waals surface area contributed by atoms with Crippen LogP contribution in [0.1, 0.15) is 31.0 Å². The van der Waals surface area contributed by atoms with Crippen LogP contribution in [0, 0.1) is 11.3 Å². The number of esters is 1. The molecule has 1 aliphatic rings. The molecule has 0 saturated heterocycles. The van der Waals surface area contributed by atoms with Crippen LogP contribution in [-0.4, -0.2) is 43.0 Å². The fourth-order valence-electron chi connectivity index (χ4n) is 3.47. The van der Waals surface area contributed by atoms with Crippen LogP contribution in [0.3, 0.4) is 0 Å². The minimum absolute atomic E-state index is 0.120. The Morgan fingerprint density at radius 2 is 2.03 bits per heavy atom. The number of ether oxygens (including phenoxy) is 3. The van der Waals surface area contributed by atoms with E-state index in [0.717, 1.165) is 4.47 Å². The van der Waals surface area contributed by atoms with Crippen LogP contribution in [0.4, 0.5) is 0 Å². The number of hydrazone groups is 1. The van der Waals surface area contributed by atoms with Crippen molar-refractivity contribution in [3.8, 4) is 17.6 Å². The summed E-state index contributed by atoms with van der Waals surface area (Å²) in [5.74, 6) is -0.162. The van der Waals surface area contributed by atoms with E-state index in [1.165, 1.54) is 6.21 Å². The van der Waals surface area contributed by atoms with Crippen molar-refractivity contribution in [3.05, 3.63) is 69.3 Å². The van der Waals surface area contributed by atoms with Gasteiger partial charge in [-0.1, -0.05) is 34.1 Å². The van der Waals surface area contributed by atoms with E-state index in [1.54, 1.807) is 56.3 Å². The van der Waals surface area contributed by atoms with Crippen molar-refractivity contribution in [2.45, 2.75) is 19.9 Å². The molecule has 0 radical (unpaired) electrons. The molecule has 0 saturated carbocycles. The molecular weight excluding hydrogens is 562 g/mol. The molecule has 3 N–H and O–H groups in total. The summed E-state index contributed by atoms with van der Waals surface area (Å²) in [6, 6.07) is 13.5. The first-order valence-electron chi connectivity index (χ1n) is 11.1. The number of hydrogen-bond acceptors (Lipinski definition) is 8. The molecule has 0 aromatic heterocycles. The number of hydrogen-bond donors (Lipinski definition) is 3. The van der Waals surface area contributed by atoms with Crippen molar-refractivity contribution in [2.75, 3.05) is 19.8 Å². The average Bonchev–Trinajstić information content (AvgIpc) is 2.87. The predicted octanol–water partition coefficient (Wildman–Crippen LogP) is 3.24. The van der Waals surface area contributed by atoms with Gasteiger partial charge in [-0.15, -0.1) is 0 Å². The molecule has 0 fully saturated rings. The maximum absolute atomic E-state index is 12.7. The van der Waals surface area contributed by atoms with E-state index in [1.807, 2.05) is 6.07 Å². The highest BCUT2D eigenvalue weighted by molar-refractivity contribution is 9.10. The van der Waals surface area contributed by atoms with E-state index in [4.69, 9.17) is 31.7 Å². The number of thiocarbonyl (C=S) groups is 1. The van der Waals surface area contributed by atoms with E-state index >= 15 is 0 Å². The fourth-order valence-corrected chi connectivity index (χ4v) is 4.12. The molecule has 2 aromatic rings. The molecule has 37 heavy (non-hydrogen) atoms. The Hall–Kier alpha value is -3.95. The van der Waals surface area contributed by atoms with E-state index < -0.39 is 17.9 Å². The van der Waals surface area contributed by atoms with Gasteiger partial charge in [0, 0.05) is 21.3 Å². The molecule has 0 aliphatic carbocycles. The Balaban J connectivity index is 1.71. The summed E-state index contributed by atoms with van der Waals surface area (Å²) in [6.45, 7) is 3.23. The third-order valence-electron chi connectivity index (χ3n) is 5.01. The van der Waals surface area contributed by atoms with Gasteiger partial charge in [0.2, 0.25) is 0 Å². The Labute approximate surface area is 227 Å². The SMILES string of the molecule is CCOC(=O)C1=C(C)NC(=S)N[C@@H]1c1ccccc1OCC(=O)NN=Cc1cc(Br)ccc1OCC#N. The van der Waals surface area contributed by atoms with Crippen LogP contribution in [0.5, 0.6) is 11.5 Å². The smallest absolute Gasteiger partial charge is 0.338 e. The summed E-state index contributed by atoms with van der Waals surface area (Å²) >= 11 is 8.65. The molecule has 3 rings (SSSR count). The van der Waals surface area contributed by atoms with Gasteiger partial charge in [0.05, 0.1) is 24.4 Å². The van der Waals surface area contributed by atoms with Gasteiger partial charge in [0.1, 0.15) is 17.6 Å². The number of halogens is 1. The maximum Gasteiger partial charge on any atom is 0.338 e. The van der Waals surface area contributed by atoms with Crippen LogP contribution < -0.4 is 25.5 Å². The Kier molecular flexibility index (Phi) is 10.00. The van der Waals surface area contributed by atoms with Crippen LogP contribution in [0.25, 0.3) is 0 Å². The molecule has 1 heterocycles. The molecule has 1 aliphatic heterocycles.